The van der Waals surface area contributed by atoms with Gasteiger partial charge < -0.3 is 19.9 Å². The molecule has 5 amide bonds. The highest BCUT2D eigenvalue weighted by molar-refractivity contribution is 6.05. The maximum absolute atomic E-state index is 12.9. The van der Waals surface area contributed by atoms with E-state index in [0.29, 0.717) is 24.5 Å². The number of hydrogen-bond acceptors (Lipinski definition) is 4. The highest BCUT2D eigenvalue weighted by Crippen LogP contribution is 2.30. The first-order valence-corrected chi connectivity index (χ1v) is 9.92. The van der Waals surface area contributed by atoms with Crippen LogP contribution in [-0.2, 0) is 4.79 Å². The van der Waals surface area contributed by atoms with Gasteiger partial charge in [0.15, 0.2) is 0 Å². The molecule has 8 nitrogen and oxygen atoms in total. The molecule has 1 N–H and O–H groups in total. The van der Waals surface area contributed by atoms with Gasteiger partial charge in [-0.1, -0.05) is 25.3 Å². The Morgan fingerprint density at radius 3 is 2.68 bits per heavy atom. The van der Waals surface area contributed by atoms with Crippen LogP contribution in [0, 0.1) is 0 Å². The molecule has 1 aromatic rings. The second-order valence-electron chi connectivity index (χ2n) is 7.60. The van der Waals surface area contributed by atoms with Crippen molar-refractivity contribution < 1.29 is 19.1 Å². The third kappa shape index (κ3) is 3.39. The summed E-state index contributed by atoms with van der Waals surface area (Å²) in [5.74, 6) is 0.498. The average Bonchev–Trinajstić information content (AvgIpc) is 2.98. The molecule has 150 valence electrons. The number of nitrogens with zero attached hydrogens (tertiary/aromatic N) is 3. The van der Waals surface area contributed by atoms with Gasteiger partial charge in [0, 0.05) is 30.9 Å². The quantitative estimate of drug-likeness (QED) is 0.810. The van der Waals surface area contributed by atoms with Gasteiger partial charge in [-0.25, -0.2) is 9.59 Å². The highest BCUT2D eigenvalue weighted by atomic mass is 16.5. The molecule has 2 aliphatic heterocycles. The van der Waals surface area contributed by atoms with Gasteiger partial charge in [-0.2, -0.15) is 0 Å². The van der Waals surface area contributed by atoms with E-state index >= 15 is 0 Å². The molecular weight excluding hydrogens is 360 g/mol. The molecule has 0 aromatic heterocycles. The number of piperazine rings is 1. The molecular formula is C20H26N4O4. The zero-order valence-electron chi connectivity index (χ0n) is 16.1. The number of ether oxygens (including phenoxy) is 1. The van der Waals surface area contributed by atoms with E-state index in [0.717, 1.165) is 32.1 Å². The number of carbonyl (C=O) groups excluding carboxylic acids is 3. The molecule has 28 heavy (non-hydrogen) atoms. The summed E-state index contributed by atoms with van der Waals surface area (Å²) >= 11 is 0. The fraction of sp³-hybridized carbons (Fsp3) is 0.550. The van der Waals surface area contributed by atoms with Gasteiger partial charge in [0.05, 0.1) is 13.7 Å². The van der Waals surface area contributed by atoms with Crippen LogP contribution in [0.4, 0.5) is 15.3 Å². The topological polar surface area (TPSA) is 82.2 Å². The van der Waals surface area contributed by atoms with Crippen molar-refractivity contribution in [2.45, 2.75) is 44.2 Å². The minimum atomic E-state index is -0.570. The first-order chi connectivity index (χ1) is 13.6. The molecule has 1 atom stereocenters. The van der Waals surface area contributed by atoms with Gasteiger partial charge >= 0.3 is 12.1 Å². The van der Waals surface area contributed by atoms with Gasteiger partial charge in [-0.05, 0) is 25.0 Å². The third-order valence-corrected chi connectivity index (χ3v) is 5.90. The summed E-state index contributed by atoms with van der Waals surface area (Å²) in [5, 5.41) is 2.85. The second kappa shape index (κ2) is 7.69. The fourth-order valence-corrected chi connectivity index (χ4v) is 4.38. The van der Waals surface area contributed by atoms with Crippen molar-refractivity contribution >= 4 is 23.7 Å². The Morgan fingerprint density at radius 1 is 1.14 bits per heavy atom. The van der Waals surface area contributed by atoms with Crippen LogP contribution in [0.2, 0.25) is 0 Å². The van der Waals surface area contributed by atoms with E-state index in [1.165, 1.54) is 4.90 Å². The van der Waals surface area contributed by atoms with E-state index in [1.807, 2.05) is 0 Å². The highest BCUT2D eigenvalue weighted by Gasteiger charge is 2.50. The minimum Gasteiger partial charge on any atom is -0.497 e. The molecule has 1 saturated carbocycles. The van der Waals surface area contributed by atoms with Crippen molar-refractivity contribution in [2.24, 2.45) is 0 Å². The first-order valence-electron chi connectivity index (χ1n) is 9.92. The zero-order valence-corrected chi connectivity index (χ0v) is 16.1. The number of fused-ring (bicyclic) bond motifs is 1. The summed E-state index contributed by atoms with van der Waals surface area (Å²) in [6.45, 7) is 1.01. The number of anilines is 1. The predicted molar refractivity (Wildman–Crippen MR) is 103 cm³/mol. The number of carbonyl (C=O) groups is 3. The molecule has 0 radical (unpaired) electrons. The maximum Gasteiger partial charge on any atom is 0.327 e. The van der Waals surface area contributed by atoms with Gasteiger partial charge in [0.25, 0.3) is 5.91 Å². The SMILES string of the molecule is COc1cccc(NC(=O)N2CCN3C(=O)N(C4CCCCC4)C(=O)[C@H]3C2)c1. The van der Waals surface area contributed by atoms with Crippen LogP contribution < -0.4 is 10.1 Å². The van der Waals surface area contributed by atoms with E-state index in [1.54, 1.807) is 41.2 Å². The Hall–Kier alpha value is -2.77. The van der Waals surface area contributed by atoms with Crippen LogP contribution >= 0.6 is 0 Å². The lowest BCUT2D eigenvalue weighted by molar-refractivity contribution is -0.131. The van der Waals surface area contributed by atoms with Crippen LogP contribution in [0.3, 0.4) is 0 Å². The largest absolute Gasteiger partial charge is 0.497 e. The number of hydrogen-bond donors (Lipinski definition) is 1. The Bertz CT molecular complexity index is 777. The molecule has 4 rings (SSSR count). The number of methoxy groups -OCH3 is 1. The summed E-state index contributed by atoms with van der Waals surface area (Å²) in [4.78, 5) is 43.1. The molecule has 1 aliphatic carbocycles. The first kappa shape index (κ1) is 18.6. The van der Waals surface area contributed by atoms with Gasteiger partial charge in [-0.15, -0.1) is 0 Å². The van der Waals surface area contributed by atoms with Crippen LogP contribution in [0.5, 0.6) is 5.75 Å². The number of benzene rings is 1. The van der Waals surface area contributed by atoms with E-state index in [4.69, 9.17) is 4.74 Å². The standard InChI is InChI=1S/C20H26N4O4/c1-28-16-9-5-6-14(12-16)21-19(26)22-10-11-23-17(13-22)18(25)24(20(23)27)15-7-3-2-4-8-15/h5-6,9,12,15,17H,2-4,7-8,10-11,13H2,1H3,(H,21,26)/t17-/m1/s1. The summed E-state index contributed by atoms with van der Waals surface area (Å²) in [5.41, 5.74) is 0.629. The lowest BCUT2D eigenvalue weighted by Gasteiger charge is -2.35. The normalized spacial score (nSPS) is 23.0. The lowest BCUT2D eigenvalue weighted by atomic mass is 9.94. The van der Waals surface area contributed by atoms with Crippen LogP contribution in [0.25, 0.3) is 0 Å². The number of amides is 5. The third-order valence-electron chi connectivity index (χ3n) is 5.90. The monoisotopic (exact) mass is 386 g/mol. The molecule has 0 unspecified atom stereocenters. The van der Waals surface area contributed by atoms with Gasteiger partial charge in [-0.3, -0.25) is 9.69 Å². The second-order valence-corrected chi connectivity index (χ2v) is 7.60. The Morgan fingerprint density at radius 2 is 1.93 bits per heavy atom. The number of imide groups is 1. The molecule has 3 aliphatic rings. The molecule has 2 saturated heterocycles. The van der Waals surface area contributed by atoms with E-state index < -0.39 is 6.04 Å². The number of rotatable bonds is 3. The Labute approximate surface area is 164 Å². The van der Waals surface area contributed by atoms with E-state index in [9.17, 15) is 14.4 Å². The zero-order chi connectivity index (χ0) is 19.7. The average molecular weight is 386 g/mol. The minimum absolute atomic E-state index is 0.0124. The smallest absolute Gasteiger partial charge is 0.327 e. The van der Waals surface area contributed by atoms with Crippen molar-refractivity contribution in [2.75, 3.05) is 32.1 Å². The van der Waals surface area contributed by atoms with Crippen LogP contribution in [0.1, 0.15) is 32.1 Å². The predicted octanol–water partition coefficient (Wildman–Crippen LogP) is 2.51. The fourth-order valence-electron chi connectivity index (χ4n) is 4.38. The van der Waals surface area contributed by atoms with Gasteiger partial charge in [0.1, 0.15) is 11.8 Å². The molecule has 0 bridgehead atoms. The molecule has 0 spiro atoms. The Kier molecular flexibility index (Phi) is 5.11. The summed E-state index contributed by atoms with van der Waals surface area (Å²) < 4.78 is 5.17. The van der Waals surface area contributed by atoms with E-state index in [-0.39, 0.29) is 30.6 Å². The Balaban J connectivity index is 1.42. The van der Waals surface area contributed by atoms with Crippen molar-refractivity contribution in [3.05, 3.63) is 24.3 Å². The van der Waals surface area contributed by atoms with Crippen molar-refractivity contribution in [1.29, 1.82) is 0 Å². The van der Waals surface area contributed by atoms with Gasteiger partial charge in [0.2, 0.25) is 0 Å². The molecule has 3 fully saturated rings. The summed E-state index contributed by atoms with van der Waals surface area (Å²) in [6.07, 6.45) is 5.05. The van der Waals surface area contributed by atoms with E-state index in [2.05, 4.69) is 5.32 Å². The summed E-state index contributed by atoms with van der Waals surface area (Å²) in [6, 6.07) is 6.11. The lowest BCUT2D eigenvalue weighted by Crippen LogP contribution is -2.55. The van der Waals surface area contributed by atoms with Crippen LogP contribution in [-0.4, -0.2) is 71.5 Å². The molecule has 1 aromatic carbocycles. The van der Waals surface area contributed by atoms with Crippen molar-refractivity contribution in [1.82, 2.24) is 14.7 Å². The summed E-state index contributed by atoms with van der Waals surface area (Å²) in [7, 11) is 1.57. The van der Waals surface area contributed by atoms with Crippen molar-refractivity contribution in [3.63, 3.8) is 0 Å². The number of urea groups is 2. The van der Waals surface area contributed by atoms with Crippen molar-refractivity contribution in [3.8, 4) is 5.75 Å². The molecule has 8 heteroatoms. The number of nitrogens with one attached hydrogen (secondary N) is 1. The maximum atomic E-state index is 12.9. The molecule has 2 heterocycles. The van der Waals surface area contributed by atoms with Crippen LogP contribution in [0.15, 0.2) is 24.3 Å².